The molecule has 0 N–H and O–H groups in total. The number of carbonyl (C=O) groups excluding carboxylic acids is 1. The van der Waals surface area contributed by atoms with Gasteiger partial charge in [0.05, 0.1) is 5.92 Å². The summed E-state index contributed by atoms with van der Waals surface area (Å²) in [5, 5.41) is 0. The minimum absolute atomic E-state index is 0.0460. The highest BCUT2D eigenvalue weighted by molar-refractivity contribution is 5.73. The van der Waals surface area contributed by atoms with Crippen molar-refractivity contribution in [1.29, 1.82) is 0 Å². The van der Waals surface area contributed by atoms with Crippen LogP contribution in [0, 0.1) is 17.8 Å². The van der Waals surface area contributed by atoms with Crippen molar-refractivity contribution in [3.63, 3.8) is 0 Å². The summed E-state index contributed by atoms with van der Waals surface area (Å²) in [5.74, 6) is 1.71. The van der Waals surface area contributed by atoms with E-state index in [1.54, 1.807) is 0 Å². The van der Waals surface area contributed by atoms with Crippen LogP contribution in [0.1, 0.15) is 66.7 Å². The Balaban J connectivity index is 0.000000437. The van der Waals surface area contributed by atoms with Crippen LogP contribution in [0.5, 0.6) is 0 Å². The van der Waals surface area contributed by atoms with Gasteiger partial charge in [-0.05, 0) is 51.9 Å². The van der Waals surface area contributed by atoms with Crippen molar-refractivity contribution in [3.05, 3.63) is 0 Å². The van der Waals surface area contributed by atoms with Crippen LogP contribution in [0.4, 0.5) is 0 Å². The predicted octanol–water partition coefficient (Wildman–Crippen LogP) is 4.18. The molecule has 100 valence electrons. The first-order chi connectivity index (χ1) is 7.87. The maximum atomic E-state index is 11.8. The topological polar surface area (TPSA) is 26.3 Å². The van der Waals surface area contributed by atoms with Gasteiger partial charge in [-0.1, -0.05) is 26.7 Å². The van der Waals surface area contributed by atoms with Crippen LogP contribution >= 0.6 is 0 Å². The maximum absolute atomic E-state index is 11.8. The van der Waals surface area contributed by atoms with Crippen LogP contribution in [0.25, 0.3) is 0 Å². The molecule has 0 aromatic carbocycles. The lowest BCUT2D eigenvalue weighted by Gasteiger charge is -2.26. The number of hydrogen-bond acceptors (Lipinski definition) is 2. The van der Waals surface area contributed by atoms with Crippen LogP contribution in [0.15, 0.2) is 0 Å². The molecule has 2 fully saturated rings. The lowest BCUT2D eigenvalue weighted by atomic mass is 9.89. The minimum Gasteiger partial charge on any atom is -0.460 e. The molecule has 0 spiro atoms. The molecule has 3 atom stereocenters. The van der Waals surface area contributed by atoms with Crippen LogP contribution in [0.2, 0.25) is 0 Å². The molecule has 2 bridgehead atoms. The molecule has 17 heavy (non-hydrogen) atoms. The Kier molecular flexibility index (Phi) is 5.03. The van der Waals surface area contributed by atoms with E-state index in [2.05, 4.69) is 13.8 Å². The monoisotopic (exact) mass is 240 g/mol. The molecule has 2 aliphatic carbocycles. The maximum Gasteiger partial charge on any atom is 0.309 e. The van der Waals surface area contributed by atoms with Gasteiger partial charge >= 0.3 is 5.97 Å². The zero-order valence-electron chi connectivity index (χ0n) is 12.1. The van der Waals surface area contributed by atoms with E-state index in [1.807, 2.05) is 20.8 Å². The Labute approximate surface area is 106 Å². The first-order valence-corrected chi connectivity index (χ1v) is 7.10. The third-order valence-electron chi connectivity index (χ3n) is 3.45. The first-order valence-electron chi connectivity index (χ1n) is 7.10. The number of carbonyl (C=O) groups is 1. The smallest absolute Gasteiger partial charge is 0.309 e. The Hall–Kier alpha value is -0.530. The molecule has 2 nitrogen and oxygen atoms in total. The summed E-state index contributed by atoms with van der Waals surface area (Å²) in [5.41, 5.74) is -0.321. The zero-order valence-corrected chi connectivity index (χ0v) is 12.1. The lowest BCUT2D eigenvalue weighted by molar-refractivity contribution is -0.161. The third kappa shape index (κ3) is 4.33. The zero-order chi connectivity index (χ0) is 13.1. The fourth-order valence-electron chi connectivity index (χ4n) is 2.91. The Bertz CT molecular complexity index is 252. The SMILES string of the molecule is CC(C)(C)OC(=O)C1CC2CCC1C2.CCC. The van der Waals surface area contributed by atoms with E-state index in [1.165, 1.54) is 25.7 Å². The van der Waals surface area contributed by atoms with E-state index in [0.29, 0.717) is 5.92 Å². The number of fused-ring (bicyclic) bond motifs is 2. The van der Waals surface area contributed by atoms with Gasteiger partial charge in [-0.2, -0.15) is 0 Å². The van der Waals surface area contributed by atoms with Crippen molar-refractivity contribution in [3.8, 4) is 0 Å². The predicted molar refractivity (Wildman–Crippen MR) is 70.7 cm³/mol. The summed E-state index contributed by atoms with van der Waals surface area (Å²) in [6.45, 7) is 10.1. The minimum atomic E-state index is -0.321. The van der Waals surface area contributed by atoms with Gasteiger partial charge in [0.2, 0.25) is 0 Å². The molecule has 2 heteroatoms. The number of hydrogen-bond donors (Lipinski definition) is 0. The molecule has 0 saturated heterocycles. The van der Waals surface area contributed by atoms with Crippen LogP contribution < -0.4 is 0 Å². The summed E-state index contributed by atoms with van der Waals surface area (Å²) < 4.78 is 5.44. The van der Waals surface area contributed by atoms with E-state index >= 15 is 0 Å². The molecule has 0 heterocycles. The van der Waals surface area contributed by atoms with Crippen LogP contribution in [0.3, 0.4) is 0 Å². The Morgan fingerprint density at radius 2 is 1.76 bits per heavy atom. The Morgan fingerprint density at radius 3 is 2.12 bits per heavy atom. The van der Waals surface area contributed by atoms with Gasteiger partial charge in [0.25, 0.3) is 0 Å². The molecule has 0 amide bonds. The van der Waals surface area contributed by atoms with Gasteiger partial charge in [0.1, 0.15) is 5.60 Å². The van der Waals surface area contributed by atoms with E-state index in [0.717, 1.165) is 12.3 Å². The second kappa shape index (κ2) is 5.88. The van der Waals surface area contributed by atoms with Crippen molar-refractivity contribution in [1.82, 2.24) is 0 Å². The van der Waals surface area contributed by atoms with Crippen molar-refractivity contribution in [2.45, 2.75) is 72.3 Å². The highest BCUT2D eigenvalue weighted by Gasteiger charge is 2.44. The highest BCUT2D eigenvalue weighted by Crippen LogP contribution is 2.48. The van der Waals surface area contributed by atoms with Crippen LogP contribution in [-0.4, -0.2) is 11.6 Å². The quantitative estimate of drug-likeness (QED) is 0.643. The fraction of sp³-hybridized carbons (Fsp3) is 0.933. The van der Waals surface area contributed by atoms with Gasteiger partial charge in [0, 0.05) is 0 Å². The molecule has 0 radical (unpaired) electrons. The normalized spacial score (nSPS) is 30.8. The van der Waals surface area contributed by atoms with E-state index in [9.17, 15) is 4.79 Å². The number of esters is 1. The van der Waals surface area contributed by atoms with Gasteiger partial charge < -0.3 is 4.74 Å². The van der Waals surface area contributed by atoms with Gasteiger partial charge in [-0.25, -0.2) is 0 Å². The van der Waals surface area contributed by atoms with Crippen molar-refractivity contribution in [2.75, 3.05) is 0 Å². The standard InChI is InChI=1S/C12H20O2.C3H8/c1-12(2,3)14-11(13)10-7-8-4-5-9(10)6-8;1-3-2/h8-10H,4-7H2,1-3H3;3H2,1-2H3. The summed E-state index contributed by atoms with van der Waals surface area (Å²) >= 11 is 0. The van der Waals surface area contributed by atoms with Crippen molar-refractivity contribution >= 4 is 5.97 Å². The van der Waals surface area contributed by atoms with Crippen molar-refractivity contribution < 1.29 is 9.53 Å². The summed E-state index contributed by atoms with van der Waals surface area (Å²) in [7, 11) is 0. The summed E-state index contributed by atoms with van der Waals surface area (Å²) in [4.78, 5) is 11.8. The first kappa shape index (κ1) is 14.5. The Morgan fingerprint density at radius 1 is 1.18 bits per heavy atom. The number of rotatable bonds is 1. The average Bonchev–Trinajstić information content (AvgIpc) is 2.76. The number of ether oxygens (including phenoxy) is 1. The van der Waals surface area contributed by atoms with Gasteiger partial charge in [-0.15, -0.1) is 0 Å². The molecule has 2 rings (SSSR count). The molecular formula is C15H28O2. The second-order valence-corrected chi connectivity index (χ2v) is 6.52. The summed E-state index contributed by atoms with van der Waals surface area (Å²) in [6, 6.07) is 0. The fourth-order valence-corrected chi connectivity index (χ4v) is 2.91. The molecule has 2 aliphatic rings. The lowest BCUT2D eigenvalue weighted by Crippen LogP contribution is -2.31. The van der Waals surface area contributed by atoms with Crippen molar-refractivity contribution in [2.24, 2.45) is 17.8 Å². The molecule has 0 aromatic heterocycles. The van der Waals surface area contributed by atoms with E-state index in [4.69, 9.17) is 4.74 Å². The van der Waals surface area contributed by atoms with E-state index in [-0.39, 0.29) is 17.5 Å². The highest BCUT2D eigenvalue weighted by atomic mass is 16.6. The molecule has 3 unspecified atom stereocenters. The average molecular weight is 240 g/mol. The molecule has 2 saturated carbocycles. The molecule has 0 aliphatic heterocycles. The molecule has 0 aromatic rings. The largest absolute Gasteiger partial charge is 0.460 e. The van der Waals surface area contributed by atoms with E-state index < -0.39 is 0 Å². The third-order valence-corrected chi connectivity index (χ3v) is 3.45. The van der Waals surface area contributed by atoms with Gasteiger partial charge in [0.15, 0.2) is 0 Å². The van der Waals surface area contributed by atoms with Gasteiger partial charge in [-0.3, -0.25) is 4.79 Å². The summed E-state index contributed by atoms with van der Waals surface area (Å²) in [6.07, 6.45) is 6.18. The van der Waals surface area contributed by atoms with Crippen LogP contribution in [-0.2, 0) is 9.53 Å². The molecular weight excluding hydrogens is 212 g/mol. The second-order valence-electron chi connectivity index (χ2n) is 6.52.